The molecule has 0 aromatic heterocycles. The second-order valence-electron chi connectivity index (χ2n) is 5.51. The molecule has 2 nitrogen and oxygen atoms in total. The molecule has 2 unspecified atom stereocenters. The quantitative estimate of drug-likeness (QED) is 0.742. The normalized spacial score (nSPS) is 14.4. The minimum atomic E-state index is 0.213. The van der Waals surface area contributed by atoms with E-state index in [-0.39, 0.29) is 6.10 Å². The monoisotopic (exact) mass is 263 g/mol. The molecule has 0 spiro atoms. The van der Waals surface area contributed by atoms with Gasteiger partial charge in [-0.25, -0.2) is 0 Å². The fourth-order valence-corrected chi connectivity index (χ4v) is 2.56. The van der Waals surface area contributed by atoms with Crippen molar-refractivity contribution in [1.82, 2.24) is 5.32 Å². The van der Waals surface area contributed by atoms with Crippen molar-refractivity contribution < 1.29 is 4.74 Å². The zero-order valence-corrected chi connectivity index (χ0v) is 13.1. The molecule has 2 atom stereocenters. The fourth-order valence-electron chi connectivity index (χ4n) is 2.56. The van der Waals surface area contributed by atoms with E-state index in [4.69, 9.17) is 4.74 Å². The second-order valence-corrected chi connectivity index (χ2v) is 5.51. The summed E-state index contributed by atoms with van der Waals surface area (Å²) in [5.74, 6) is 1.63. The summed E-state index contributed by atoms with van der Waals surface area (Å²) in [6.07, 6.45) is 2.66. The maximum Gasteiger partial charge on any atom is 0.124 e. The summed E-state index contributed by atoms with van der Waals surface area (Å²) in [5, 5.41) is 3.62. The first kappa shape index (κ1) is 16.0. The molecule has 1 aromatic rings. The molecule has 1 aromatic carbocycles. The van der Waals surface area contributed by atoms with Gasteiger partial charge in [-0.05, 0) is 38.8 Å². The molecular formula is C17H29NO. The Morgan fingerprint density at radius 3 is 2.37 bits per heavy atom. The molecule has 1 rings (SSSR count). The van der Waals surface area contributed by atoms with Gasteiger partial charge in [0.15, 0.2) is 0 Å². The third-order valence-corrected chi connectivity index (χ3v) is 3.35. The van der Waals surface area contributed by atoms with Crippen LogP contribution >= 0.6 is 0 Å². The minimum Gasteiger partial charge on any atom is -0.491 e. The van der Waals surface area contributed by atoms with E-state index in [0.29, 0.717) is 12.0 Å². The lowest BCUT2D eigenvalue weighted by atomic mass is 9.90. The standard InChI is InChI=1S/C17H29NO/c1-6-10-14(5)17(18-7-2)15-11-8-9-12-16(15)19-13(3)4/h8-9,11-14,17-18H,6-7,10H2,1-5H3. The third kappa shape index (κ3) is 4.87. The van der Waals surface area contributed by atoms with Crippen molar-refractivity contribution >= 4 is 0 Å². The number of hydrogen-bond acceptors (Lipinski definition) is 2. The summed E-state index contributed by atoms with van der Waals surface area (Å²) < 4.78 is 5.96. The zero-order chi connectivity index (χ0) is 14.3. The summed E-state index contributed by atoms with van der Waals surface area (Å²) in [6, 6.07) is 8.80. The molecule has 0 fully saturated rings. The predicted octanol–water partition coefficient (Wildman–Crippen LogP) is 4.56. The lowest BCUT2D eigenvalue weighted by Gasteiger charge is -2.27. The van der Waals surface area contributed by atoms with Gasteiger partial charge in [-0.2, -0.15) is 0 Å². The molecule has 0 saturated carbocycles. The van der Waals surface area contributed by atoms with E-state index < -0.39 is 0 Å². The molecular weight excluding hydrogens is 234 g/mol. The van der Waals surface area contributed by atoms with Gasteiger partial charge in [0.1, 0.15) is 5.75 Å². The molecule has 19 heavy (non-hydrogen) atoms. The van der Waals surface area contributed by atoms with Crippen LogP contribution in [0.1, 0.15) is 59.1 Å². The Kier molecular flexibility index (Phi) is 6.93. The van der Waals surface area contributed by atoms with Gasteiger partial charge in [0.2, 0.25) is 0 Å². The highest BCUT2D eigenvalue weighted by Gasteiger charge is 2.21. The third-order valence-electron chi connectivity index (χ3n) is 3.35. The summed E-state index contributed by atoms with van der Waals surface area (Å²) in [4.78, 5) is 0. The molecule has 0 amide bonds. The number of hydrogen-bond donors (Lipinski definition) is 1. The smallest absolute Gasteiger partial charge is 0.124 e. The van der Waals surface area contributed by atoms with E-state index in [1.54, 1.807) is 0 Å². The predicted molar refractivity (Wildman–Crippen MR) is 82.7 cm³/mol. The van der Waals surface area contributed by atoms with Gasteiger partial charge >= 0.3 is 0 Å². The topological polar surface area (TPSA) is 21.3 Å². The van der Waals surface area contributed by atoms with Crippen LogP contribution in [0.5, 0.6) is 5.75 Å². The van der Waals surface area contributed by atoms with Crippen LogP contribution in [0.2, 0.25) is 0 Å². The maximum atomic E-state index is 5.96. The van der Waals surface area contributed by atoms with Crippen LogP contribution in [0.4, 0.5) is 0 Å². The first-order valence-corrected chi connectivity index (χ1v) is 7.59. The van der Waals surface area contributed by atoms with Gasteiger partial charge in [0.25, 0.3) is 0 Å². The minimum absolute atomic E-state index is 0.213. The van der Waals surface area contributed by atoms with Crippen LogP contribution in [0, 0.1) is 5.92 Å². The first-order valence-electron chi connectivity index (χ1n) is 7.59. The lowest BCUT2D eigenvalue weighted by molar-refractivity contribution is 0.234. The average Bonchev–Trinajstić information content (AvgIpc) is 2.36. The van der Waals surface area contributed by atoms with E-state index in [1.807, 2.05) is 0 Å². The number of benzene rings is 1. The zero-order valence-electron chi connectivity index (χ0n) is 13.1. The number of nitrogens with one attached hydrogen (secondary N) is 1. The number of ether oxygens (including phenoxy) is 1. The van der Waals surface area contributed by atoms with Gasteiger partial charge in [-0.1, -0.05) is 45.4 Å². The Labute approximate surface area is 118 Å². The van der Waals surface area contributed by atoms with Crippen LogP contribution in [0.3, 0.4) is 0 Å². The second kappa shape index (κ2) is 8.21. The Hall–Kier alpha value is -1.02. The molecule has 1 N–H and O–H groups in total. The van der Waals surface area contributed by atoms with E-state index >= 15 is 0 Å². The molecule has 0 aliphatic carbocycles. The first-order chi connectivity index (χ1) is 9.10. The fraction of sp³-hybridized carbons (Fsp3) is 0.647. The van der Waals surface area contributed by atoms with Crippen LogP contribution in [-0.2, 0) is 0 Å². The van der Waals surface area contributed by atoms with Crippen LogP contribution < -0.4 is 10.1 Å². The number of para-hydroxylation sites is 1. The van der Waals surface area contributed by atoms with Gasteiger partial charge in [0, 0.05) is 11.6 Å². The molecule has 0 aliphatic heterocycles. The van der Waals surface area contributed by atoms with E-state index in [2.05, 4.69) is 64.2 Å². The molecule has 0 radical (unpaired) electrons. The van der Waals surface area contributed by atoms with Gasteiger partial charge in [-0.3, -0.25) is 0 Å². The van der Waals surface area contributed by atoms with E-state index in [9.17, 15) is 0 Å². The van der Waals surface area contributed by atoms with Gasteiger partial charge < -0.3 is 10.1 Å². The van der Waals surface area contributed by atoms with Gasteiger partial charge in [-0.15, -0.1) is 0 Å². The Morgan fingerprint density at radius 1 is 1.11 bits per heavy atom. The summed E-state index contributed by atoms with van der Waals surface area (Å²) in [6.45, 7) is 11.9. The average molecular weight is 263 g/mol. The van der Waals surface area contributed by atoms with E-state index in [1.165, 1.54) is 18.4 Å². The highest BCUT2D eigenvalue weighted by Crippen LogP contribution is 2.32. The maximum absolute atomic E-state index is 5.96. The molecule has 0 heterocycles. The Bertz CT molecular complexity index is 362. The highest BCUT2D eigenvalue weighted by atomic mass is 16.5. The number of rotatable bonds is 8. The molecule has 0 aliphatic rings. The molecule has 108 valence electrons. The van der Waals surface area contributed by atoms with Crippen LogP contribution in [0.15, 0.2) is 24.3 Å². The summed E-state index contributed by atoms with van der Waals surface area (Å²) >= 11 is 0. The van der Waals surface area contributed by atoms with Crippen molar-refractivity contribution in [2.24, 2.45) is 5.92 Å². The Balaban J connectivity index is 3.00. The SMILES string of the molecule is CCCC(C)C(NCC)c1ccccc1OC(C)C. The highest BCUT2D eigenvalue weighted by molar-refractivity contribution is 5.36. The van der Waals surface area contributed by atoms with Crippen molar-refractivity contribution in [3.8, 4) is 5.75 Å². The van der Waals surface area contributed by atoms with Crippen molar-refractivity contribution in [2.75, 3.05) is 6.54 Å². The van der Waals surface area contributed by atoms with E-state index in [0.717, 1.165) is 12.3 Å². The largest absolute Gasteiger partial charge is 0.491 e. The van der Waals surface area contributed by atoms with Crippen molar-refractivity contribution in [3.05, 3.63) is 29.8 Å². The van der Waals surface area contributed by atoms with Crippen molar-refractivity contribution in [3.63, 3.8) is 0 Å². The molecule has 2 heteroatoms. The van der Waals surface area contributed by atoms with Crippen molar-refractivity contribution in [2.45, 2.75) is 59.6 Å². The molecule has 0 bridgehead atoms. The lowest BCUT2D eigenvalue weighted by Crippen LogP contribution is -2.27. The summed E-state index contributed by atoms with van der Waals surface area (Å²) in [5.41, 5.74) is 1.29. The van der Waals surface area contributed by atoms with Crippen LogP contribution in [0.25, 0.3) is 0 Å². The van der Waals surface area contributed by atoms with Crippen molar-refractivity contribution in [1.29, 1.82) is 0 Å². The Morgan fingerprint density at radius 2 is 1.79 bits per heavy atom. The van der Waals surface area contributed by atoms with Gasteiger partial charge in [0.05, 0.1) is 6.10 Å². The molecule has 0 saturated heterocycles. The van der Waals surface area contributed by atoms with Crippen LogP contribution in [-0.4, -0.2) is 12.6 Å². The summed E-state index contributed by atoms with van der Waals surface area (Å²) in [7, 11) is 0.